The van der Waals surface area contributed by atoms with E-state index in [1.54, 1.807) is 37.3 Å². The summed E-state index contributed by atoms with van der Waals surface area (Å²) in [5, 5.41) is 2.91. The van der Waals surface area contributed by atoms with E-state index in [4.69, 9.17) is 16.3 Å². The van der Waals surface area contributed by atoms with Crippen LogP contribution in [0.25, 0.3) is 6.08 Å². The molecule has 0 aromatic heterocycles. The molecule has 150 valence electrons. The van der Waals surface area contributed by atoms with Crippen molar-refractivity contribution in [3.05, 3.63) is 70.1 Å². The highest BCUT2D eigenvalue weighted by molar-refractivity contribution is 8.18. The highest BCUT2D eigenvalue weighted by atomic mass is 35.5. The van der Waals surface area contributed by atoms with Crippen LogP contribution >= 0.6 is 23.4 Å². The van der Waals surface area contributed by atoms with Crippen LogP contribution in [0, 0.1) is 0 Å². The van der Waals surface area contributed by atoms with Crippen LogP contribution in [0.2, 0.25) is 5.02 Å². The third kappa shape index (κ3) is 5.62. The Balaban J connectivity index is 1.50. The lowest BCUT2D eigenvalue weighted by molar-refractivity contribution is -0.128. The molecule has 1 heterocycles. The number of ether oxygens (including phenoxy) is 1. The number of carbonyl (C=O) groups excluding carboxylic acids is 3. The Hall–Kier alpha value is -2.77. The summed E-state index contributed by atoms with van der Waals surface area (Å²) >= 11 is 6.72. The molecule has 29 heavy (non-hydrogen) atoms. The molecule has 3 rings (SSSR count). The minimum atomic E-state index is -0.732. The molecule has 3 amide bonds. The summed E-state index contributed by atoms with van der Waals surface area (Å²) in [6.45, 7) is 1.85. The van der Waals surface area contributed by atoms with Crippen LogP contribution in [0.4, 0.5) is 4.79 Å². The monoisotopic (exact) mass is 430 g/mol. The Labute approximate surface area is 177 Å². The van der Waals surface area contributed by atoms with Gasteiger partial charge in [0.25, 0.3) is 17.1 Å². The van der Waals surface area contributed by atoms with Crippen molar-refractivity contribution in [1.82, 2.24) is 10.2 Å². The SMILES string of the molecule is C[C@H](Oc1ccc(Cl)cc1)C(=O)NCCN1C(=O)S/C(=C\c2ccccc2)C1=O. The fourth-order valence-corrected chi connectivity index (χ4v) is 3.59. The van der Waals surface area contributed by atoms with Crippen molar-refractivity contribution in [2.75, 3.05) is 13.1 Å². The molecule has 1 aliphatic heterocycles. The molecule has 1 N–H and O–H groups in total. The average molecular weight is 431 g/mol. The minimum absolute atomic E-state index is 0.0935. The first-order chi connectivity index (χ1) is 13.9. The van der Waals surface area contributed by atoms with Gasteiger partial charge in [-0.15, -0.1) is 0 Å². The van der Waals surface area contributed by atoms with Crippen LogP contribution in [-0.4, -0.2) is 41.1 Å². The van der Waals surface area contributed by atoms with E-state index in [0.717, 1.165) is 22.2 Å². The predicted molar refractivity (Wildman–Crippen MR) is 114 cm³/mol. The lowest BCUT2D eigenvalue weighted by atomic mass is 10.2. The second-order valence-electron chi connectivity index (χ2n) is 6.25. The normalized spacial score (nSPS) is 16.2. The lowest BCUT2D eigenvalue weighted by Gasteiger charge is -2.16. The second-order valence-corrected chi connectivity index (χ2v) is 7.68. The summed E-state index contributed by atoms with van der Waals surface area (Å²) in [5.74, 6) is -0.177. The number of nitrogens with one attached hydrogen (secondary N) is 1. The summed E-state index contributed by atoms with van der Waals surface area (Å²) in [6, 6.07) is 16.0. The van der Waals surface area contributed by atoms with Gasteiger partial charge in [0, 0.05) is 18.1 Å². The number of benzene rings is 2. The maximum atomic E-state index is 12.5. The Morgan fingerprint density at radius 3 is 2.55 bits per heavy atom. The van der Waals surface area contributed by atoms with E-state index >= 15 is 0 Å². The van der Waals surface area contributed by atoms with Crippen molar-refractivity contribution in [1.29, 1.82) is 0 Å². The summed E-state index contributed by atoms with van der Waals surface area (Å²) in [7, 11) is 0. The molecule has 6 nitrogen and oxygen atoms in total. The van der Waals surface area contributed by atoms with Gasteiger partial charge in [0.1, 0.15) is 5.75 Å². The number of carbonyl (C=O) groups is 3. The molecular weight excluding hydrogens is 412 g/mol. The molecule has 0 unspecified atom stereocenters. The van der Waals surface area contributed by atoms with Crippen molar-refractivity contribution in [3.63, 3.8) is 0 Å². The van der Waals surface area contributed by atoms with Gasteiger partial charge in [0.05, 0.1) is 4.91 Å². The fourth-order valence-electron chi connectivity index (χ4n) is 2.60. The second kappa shape index (κ2) is 9.62. The summed E-state index contributed by atoms with van der Waals surface area (Å²) in [6.07, 6.45) is 0.954. The molecule has 2 aromatic rings. The van der Waals surface area contributed by atoms with Crippen molar-refractivity contribution in [3.8, 4) is 5.75 Å². The number of imide groups is 1. The molecule has 1 atom stereocenters. The number of amides is 3. The quantitative estimate of drug-likeness (QED) is 0.673. The summed E-state index contributed by atoms with van der Waals surface area (Å²) in [5.41, 5.74) is 0.847. The lowest BCUT2D eigenvalue weighted by Crippen LogP contribution is -2.41. The first kappa shape index (κ1) is 21.0. The average Bonchev–Trinajstić information content (AvgIpc) is 2.97. The smallest absolute Gasteiger partial charge is 0.293 e. The number of thioether (sulfide) groups is 1. The van der Waals surface area contributed by atoms with Crippen LogP contribution < -0.4 is 10.1 Å². The third-order valence-corrected chi connectivity index (χ3v) is 5.26. The zero-order valence-electron chi connectivity index (χ0n) is 15.6. The van der Waals surface area contributed by atoms with Crippen LogP contribution in [0.15, 0.2) is 59.5 Å². The minimum Gasteiger partial charge on any atom is -0.481 e. The summed E-state index contributed by atoms with van der Waals surface area (Å²) < 4.78 is 5.55. The molecule has 8 heteroatoms. The van der Waals surface area contributed by atoms with Gasteiger partial charge in [-0.25, -0.2) is 0 Å². The van der Waals surface area contributed by atoms with Gasteiger partial charge in [-0.1, -0.05) is 41.9 Å². The first-order valence-electron chi connectivity index (χ1n) is 8.94. The van der Waals surface area contributed by atoms with Gasteiger partial charge in [0.2, 0.25) is 0 Å². The Morgan fingerprint density at radius 1 is 1.17 bits per heavy atom. The maximum absolute atomic E-state index is 12.5. The highest BCUT2D eigenvalue weighted by Crippen LogP contribution is 2.31. The Bertz CT molecular complexity index is 931. The zero-order valence-corrected chi connectivity index (χ0v) is 17.2. The van der Waals surface area contributed by atoms with Crippen molar-refractivity contribution in [2.24, 2.45) is 0 Å². The van der Waals surface area contributed by atoms with Crippen LogP contribution in [0.1, 0.15) is 12.5 Å². The molecule has 1 aliphatic rings. The molecule has 0 saturated carbocycles. The first-order valence-corrected chi connectivity index (χ1v) is 10.1. The largest absolute Gasteiger partial charge is 0.481 e. The van der Waals surface area contributed by atoms with Gasteiger partial charge >= 0.3 is 0 Å². The molecule has 1 fully saturated rings. The van der Waals surface area contributed by atoms with Gasteiger partial charge < -0.3 is 10.1 Å². The van der Waals surface area contributed by atoms with E-state index < -0.39 is 6.10 Å². The number of hydrogen-bond donors (Lipinski definition) is 1. The van der Waals surface area contributed by atoms with Crippen molar-refractivity contribution >= 4 is 46.5 Å². The van der Waals surface area contributed by atoms with Gasteiger partial charge in [-0.2, -0.15) is 0 Å². The maximum Gasteiger partial charge on any atom is 0.293 e. The third-order valence-electron chi connectivity index (χ3n) is 4.10. The Morgan fingerprint density at radius 2 is 1.86 bits per heavy atom. The van der Waals surface area contributed by atoms with Gasteiger partial charge in [0.15, 0.2) is 6.10 Å². The number of hydrogen-bond acceptors (Lipinski definition) is 5. The number of rotatable bonds is 7. The van der Waals surface area contributed by atoms with E-state index in [0.29, 0.717) is 15.7 Å². The van der Waals surface area contributed by atoms with Crippen LogP contribution in [0.5, 0.6) is 5.75 Å². The zero-order chi connectivity index (χ0) is 20.8. The van der Waals surface area contributed by atoms with E-state index in [9.17, 15) is 14.4 Å². The molecule has 0 radical (unpaired) electrons. The molecule has 0 bridgehead atoms. The molecule has 0 spiro atoms. The fraction of sp³-hybridized carbons (Fsp3) is 0.190. The number of halogens is 1. The van der Waals surface area contributed by atoms with Gasteiger partial charge in [-0.05, 0) is 54.6 Å². The number of nitrogens with zero attached hydrogens (tertiary/aromatic N) is 1. The van der Waals surface area contributed by atoms with E-state index in [1.807, 2.05) is 30.3 Å². The standard InChI is InChI=1S/C21H19ClN2O4S/c1-14(28-17-9-7-16(22)8-10-17)19(25)23-11-12-24-20(26)18(29-21(24)27)13-15-5-3-2-4-6-15/h2-10,13-14H,11-12H2,1H3,(H,23,25)/b18-13-/t14-/m0/s1. The molecular formula is C21H19ClN2O4S. The van der Waals surface area contributed by atoms with E-state index in [1.165, 1.54) is 0 Å². The topological polar surface area (TPSA) is 75.7 Å². The van der Waals surface area contributed by atoms with E-state index in [-0.39, 0.29) is 30.1 Å². The van der Waals surface area contributed by atoms with E-state index in [2.05, 4.69) is 5.32 Å². The molecule has 2 aromatic carbocycles. The highest BCUT2D eigenvalue weighted by Gasteiger charge is 2.34. The van der Waals surface area contributed by atoms with Crippen molar-refractivity contribution in [2.45, 2.75) is 13.0 Å². The summed E-state index contributed by atoms with van der Waals surface area (Å²) in [4.78, 5) is 38.3. The Kier molecular flexibility index (Phi) is 6.95. The predicted octanol–water partition coefficient (Wildman–Crippen LogP) is 3.96. The molecule has 1 saturated heterocycles. The van der Waals surface area contributed by atoms with Crippen LogP contribution in [-0.2, 0) is 9.59 Å². The van der Waals surface area contributed by atoms with Crippen LogP contribution in [0.3, 0.4) is 0 Å². The molecule has 0 aliphatic carbocycles. The van der Waals surface area contributed by atoms with Gasteiger partial charge in [-0.3, -0.25) is 19.3 Å². The van der Waals surface area contributed by atoms with Crippen molar-refractivity contribution < 1.29 is 19.1 Å².